The third-order valence-electron chi connectivity index (χ3n) is 4.19. The number of carbonyl (C=O) groups is 1. The molecule has 4 aromatic rings. The minimum absolute atomic E-state index is 0.169. The number of nitrogens with one attached hydrogen (secondary N) is 1. The molecule has 0 aliphatic carbocycles. The summed E-state index contributed by atoms with van der Waals surface area (Å²) in [6, 6.07) is 18.7. The molecule has 0 saturated heterocycles. The van der Waals surface area contributed by atoms with Gasteiger partial charge in [-0.05, 0) is 41.3 Å². The summed E-state index contributed by atoms with van der Waals surface area (Å²) in [5.74, 6) is -0.169. The standard InChI is InChI=1S/C21H14Cl2N2OS/c22-14-8-7-13(17(23)10-14)12-24-21(26)16-11-19(20-6-3-9-27-20)25-18-5-2-1-4-15(16)18/h1-11H,12H2,(H,24,26). The number of amides is 1. The second-order valence-corrected chi connectivity index (χ2v) is 7.76. The van der Waals surface area contributed by atoms with Crippen molar-refractivity contribution < 1.29 is 4.79 Å². The molecule has 2 aromatic heterocycles. The third-order valence-corrected chi connectivity index (χ3v) is 5.67. The summed E-state index contributed by atoms with van der Waals surface area (Å²) in [5, 5.41) is 6.86. The van der Waals surface area contributed by atoms with Gasteiger partial charge in [-0.15, -0.1) is 11.3 Å². The predicted octanol–water partition coefficient (Wildman–Crippen LogP) is 6.20. The highest BCUT2D eigenvalue weighted by Gasteiger charge is 2.14. The van der Waals surface area contributed by atoms with Crippen LogP contribution in [0.1, 0.15) is 15.9 Å². The number of hydrogen-bond acceptors (Lipinski definition) is 3. The Morgan fingerprint density at radius 3 is 2.67 bits per heavy atom. The number of fused-ring (bicyclic) bond motifs is 1. The molecule has 1 amide bonds. The number of nitrogens with zero attached hydrogens (tertiary/aromatic N) is 1. The van der Waals surface area contributed by atoms with Gasteiger partial charge in [0.2, 0.25) is 0 Å². The first-order valence-corrected chi connectivity index (χ1v) is 9.91. The zero-order valence-electron chi connectivity index (χ0n) is 14.1. The lowest BCUT2D eigenvalue weighted by Crippen LogP contribution is -2.23. The fraction of sp³-hybridized carbons (Fsp3) is 0.0476. The Morgan fingerprint density at radius 2 is 1.89 bits per heavy atom. The van der Waals surface area contributed by atoms with Crippen molar-refractivity contribution in [3.05, 3.63) is 87.2 Å². The van der Waals surface area contributed by atoms with E-state index in [9.17, 15) is 4.79 Å². The summed E-state index contributed by atoms with van der Waals surface area (Å²) in [4.78, 5) is 18.6. The molecule has 6 heteroatoms. The molecule has 2 aromatic carbocycles. The number of rotatable bonds is 4. The summed E-state index contributed by atoms with van der Waals surface area (Å²) < 4.78 is 0. The number of hydrogen-bond donors (Lipinski definition) is 1. The minimum Gasteiger partial charge on any atom is -0.348 e. The summed E-state index contributed by atoms with van der Waals surface area (Å²) in [6.07, 6.45) is 0. The fourth-order valence-corrected chi connectivity index (χ4v) is 4.01. The van der Waals surface area contributed by atoms with E-state index in [0.717, 1.165) is 27.0 Å². The number of halogens is 2. The molecule has 2 heterocycles. The van der Waals surface area contributed by atoms with Gasteiger partial charge in [0.05, 0.1) is 21.7 Å². The second-order valence-electron chi connectivity index (χ2n) is 5.97. The summed E-state index contributed by atoms with van der Waals surface area (Å²) in [6.45, 7) is 0.319. The third kappa shape index (κ3) is 3.83. The fourth-order valence-electron chi connectivity index (χ4n) is 2.85. The monoisotopic (exact) mass is 412 g/mol. The van der Waals surface area contributed by atoms with E-state index in [1.54, 1.807) is 23.5 Å². The molecule has 0 unspecified atom stereocenters. The van der Waals surface area contributed by atoms with Crippen LogP contribution in [0.4, 0.5) is 0 Å². The van der Waals surface area contributed by atoms with E-state index < -0.39 is 0 Å². The average Bonchev–Trinajstić information content (AvgIpc) is 3.21. The number of carbonyl (C=O) groups excluding carboxylic acids is 1. The average molecular weight is 413 g/mol. The molecule has 27 heavy (non-hydrogen) atoms. The van der Waals surface area contributed by atoms with E-state index in [1.165, 1.54) is 0 Å². The van der Waals surface area contributed by atoms with Crippen molar-refractivity contribution in [2.24, 2.45) is 0 Å². The molecule has 0 radical (unpaired) electrons. The molecular weight excluding hydrogens is 399 g/mol. The van der Waals surface area contributed by atoms with E-state index in [1.807, 2.05) is 53.9 Å². The normalized spacial score (nSPS) is 10.9. The second kappa shape index (κ2) is 7.69. The number of pyridine rings is 1. The highest BCUT2D eigenvalue weighted by Crippen LogP contribution is 2.28. The Morgan fingerprint density at radius 1 is 1.04 bits per heavy atom. The number of benzene rings is 2. The highest BCUT2D eigenvalue weighted by molar-refractivity contribution is 7.13. The molecule has 0 atom stereocenters. The van der Waals surface area contributed by atoms with Gasteiger partial charge in [-0.2, -0.15) is 0 Å². The van der Waals surface area contributed by atoms with E-state index in [2.05, 4.69) is 5.32 Å². The Labute approximate surface area is 170 Å². The summed E-state index contributed by atoms with van der Waals surface area (Å²) in [7, 11) is 0. The first-order chi connectivity index (χ1) is 13.1. The Kier molecular flexibility index (Phi) is 5.12. The van der Waals surface area contributed by atoms with Crippen LogP contribution in [0.15, 0.2) is 66.0 Å². The van der Waals surface area contributed by atoms with Crippen LogP contribution in [0.5, 0.6) is 0 Å². The van der Waals surface area contributed by atoms with Crippen LogP contribution >= 0.6 is 34.5 Å². The molecule has 0 fully saturated rings. The van der Waals surface area contributed by atoms with Crippen LogP contribution in [0.25, 0.3) is 21.5 Å². The Bertz CT molecular complexity index is 1130. The molecular formula is C21H14Cl2N2OS. The van der Waals surface area contributed by atoms with Gasteiger partial charge in [-0.3, -0.25) is 4.79 Å². The van der Waals surface area contributed by atoms with Crippen LogP contribution in [0.3, 0.4) is 0 Å². The van der Waals surface area contributed by atoms with Gasteiger partial charge in [-0.1, -0.05) is 53.5 Å². The largest absolute Gasteiger partial charge is 0.348 e. The molecule has 3 nitrogen and oxygen atoms in total. The van der Waals surface area contributed by atoms with Crippen LogP contribution < -0.4 is 5.32 Å². The smallest absolute Gasteiger partial charge is 0.252 e. The molecule has 0 aliphatic heterocycles. The predicted molar refractivity (Wildman–Crippen MR) is 113 cm³/mol. The molecule has 0 aliphatic rings. The van der Waals surface area contributed by atoms with Crippen molar-refractivity contribution in [1.82, 2.24) is 10.3 Å². The summed E-state index contributed by atoms with van der Waals surface area (Å²) >= 11 is 13.7. The lowest BCUT2D eigenvalue weighted by molar-refractivity contribution is 0.0952. The van der Waals surface area contributed by atoms with Crippen LogP contribution in [-0.2, 0) is 6.54 Å². The van der Waals surface area contributed by atoms with Gasteiger partial charge in [0.15, 0.2) is 0 Å². The lowest BCUT2D eigenvalue weighted by atomic mass is 10.1. The highest BCUT2D eigenvalue weighted by atomic mass is 35.5. The van der Waals surface area contributed by atoms with Gasteiger partial charge >= 0.3 is 0 Å². The summed E-state index contributed by atoms with van der Waals surface area (Å²) in [5.41, 5.74) is 2.98. The van der Waals surface area contributed by atoms with Crippen molar-refractivity contribution >= 4 is 51.3 Å². The Hall–Kier alpha value is -2.40. The van der Waals surface area contributed by atoms with E-state index in [0.29, 0.717) is 22.2 Å². The van der Waals surface area contributed by atoms with E-state index in [4.69, 9.17) is 28.2 Å². The van der Waals surface area contributed by atoms with Gasteiger partial charge in [0, 0.05) is 22.0 Å². The number of thiophene rings is 1. The van der Waals surface area contributed by atoms with E-state index >= 15 is 0 Å². The van der Waals surface area contributed by atoms with Crippen molar-refractivity contribution in [2.45, 2.75) is 6.54 Å². The van der Waals surface area contributed by atoms with Crippen molar-refractivity contribution in [3.63, 3.8) is 0 Å². The maximum atomic E-state index is 12.9. The number of aromatic nitrogens is 1. The minimum atomic E-state index is -0.169. The van der Waals surface area contributed by atoms with Crippen LogP contribution in [0.2, 0.25) is 10.0 Å². The van der Waals surface area contributed by atoms with Gasteiger partial charge in [-0.25, -0.2) is 4.98 Å². The topological polar surface area (TPSA) is 42.0 Å². The van der Waals surface area contributed by atoms with Crippen LogP contribution in [0, 0.1) is 0 Å². The zero-order chi connectivity index (χ0) is 18.8. The lowest BCUT2D eigenvalue weighted by Gasteiger charge is -2.11. The van der Waals surface area contributed by atoms with Gasteiger partial charge in [0.25, 0.3) is 5.91 Å². The molecule has 0 spiro atoms. The first-order valence-electron chi connectivity index (χ1n) is 8.27. The Balaban J connectivity index is 1.68. The van der Waals surface area contributed by atoms with E-state index in [-0.39, 0.29) is 5.91 Å². The van der Waals surface area contributed by atoms with Crippen LogP contribution in [-0.4, -0.2) is 10.9 Å². The molecule has 4 rings (SSSR count). The maximum absolute atomic E-state index is 12.9. The maximum Gasteiger partial charge on any atom is 0.252 e. The van der Waals surface area contributed by atoms with Crippen molar-refractivity contribution in [2.75, 3.05) is 0 Å². The number of para-hydroxylation sites is 1. The van der Waals surface area contributed by atoms with Gasteiger partial charge < -0.3 is 5.32 Å². The molecule has 0 bridgehead atoms. The van der Waals surface area contributed by atoms with Gasteiger partial charge in [0.1, 0.15) is 0 Å². The molecule has 0 saturated carbocycles. The zero-order valence-corrected chi connectivity index (χ0v) is 16.4. The SMILES string of the molecule is O=C(NCc1ccc(Cl)cc1Cl)c1cc(-c2cccs2)nc2ccccc12. The molecule has 1 N–H and O–H groups in total. The quantitative estimate of drug-likeness (QED) is 0.433. The molecule has 134 valence electrons. The van der Waals surface area contributed by atoms with Crippen molar-refractivity contribution in [1.29, 1.82) is 0 Å². The van der Waals surface area contributed by atoms with Crippen molar-refractivity contribution in [3.8, 4) is 10.6 Å². The first kappa shape index (κ1) is 18.0.